The zero-order valence-corrected chi connectivity index (χ0v) is 20.1. The van der Waals surface area contributed by atoms with Crippen molar-refractivity contribution in [1.82, 2.24) is 15.3 Å². The Morgan fingerprint density at radius 1 is 1.03 bits per heavy atom. The van der Waals surface area contributed by atoms with Crippen LogP contribution in [0.25, 0.3) is 0 Å². The number of nitrogens with zero attached hydrogens (tertiary/aromatic N) is 3. The van der Waals surface area contributed by atoms with Crippen molar-refractivity contribution in [2.75, 3.05) is 23.8 Å². The number of hydrogen-bond donors (Lipinski definition) is 3. The zero-order valence-electron chi connectivity index (χ0n) is 19.2. The molecule has 1 aliphatic heterocycles. The van der Waals surface area contributed by atoms with Gasteiger partial charge in [-0.15, -0.1) is 0 Å². The van der Waals surface area contributed by atoms with Crippen LogP contribution in [0.5, 0.6) is 11.5 Å². The van der Waals surface area contributed by atoms with Crippen molar-refractivity contribution in [3.63, 3.8) is 0 Å². The maximum Gasteiger partial charge on any atom is 0.229 e. The van der Waals surface area contributed by atoms with E-state index in [1.54, 1.807) is 0 Å². The van der Waals surface area contributed by atoms with E-state index in [4.69, 9.17) is 21.7 Å². The zero-order chi connectivity index (χ0) is 23.8. The lowest BCUT2D eigenvalue weighted by molar-refractivity contribution is 0.118. The molecule has 176 valence electrons. The van der Waals surface area contributed by atoms with Gasteiger partial charge in [0, 0.05) is 23.7 Å². The highest BCUT2D eigenvalue weighted by Crippen LogP contribution is 2.22. The predicted octanol–water partition coefficient (Wildman–Crippen LogP) is 4.82. The van der Waals surface area contributed by atoms with E-state index in [1.807, 2.05) is 74.5 Å². The fourth-order valence-electron chi connectivity index (χ4n) is 3.48. The molecule has 1 unspecified atom stereocenters. The minimum absolute atomic E-state index is 0.109. The molecule has 1 aromatic heterocycles. The minimum atomic E-state index is 0.109. The van der Waals surface area contributed by atoms with Gasteiger partial charge in [0.2, 0.25) is 11.9 Å². The van der Waals surface area contributed by atoms with Gasteiger partial charge in [0.05, 0.1) is 12.6 Å². The average molecular weight is 477 g/mol. The first kappa shape index (κ1) is 23.6. The third kappa shape index (κ3) is 7.23. The van der Waals surface area contributed by atoms with Crippen molar-refractivity contribution in [3.05, 3.63) is 72.1 Å². The summed E-state index contributed by atoms with van der Waals surface area (Å²) in [6.45, 7) is 5.15. The van der Waals surface area contributed by atoms with Gasteiger partial charge in [0.25, 0.3) is 0 Å². The first-order chi connectivity index (χ1) is 16.5. The third-order valence-corrected chi connectivity index (χ3v) is 5.22. The molecule has 2 heterocycles. The number of aliphatic imine (C=N–C) groups is 1. The molecule has 4 rings (SSSR count). The molecule has 1 atom stereocenters. The van der Waals surface area contributed by atoms with Crippen LogP contribution in [0.1, 0.15) is 24.2 Å². The summed E-state index contributed by atoms with van der Waals surface area (Å²) >= 11 is 5.52. The summed E-state index contributed by atoms with van der Waals surface area (Å²) in [5.74, 6) is 2.44. The molecule has 34 heavy (non-hydrogen) atoms. The summed E-state index contributed by atoms with van der Waals surface area (Å²) in [4.78, 5) is 13.5. The van der Waals surface area contributed by atoms with E-state index in [1.165, 1.54) is 0 Å². The Morgan fingerprint density at radius 3 is 2.41 bits per heavy atom. The Labute approximate surface area is 204 Å². The van der Waals surface area contributed by atoms with Gasteiger partial charge in [-0.3, -0.25) is 5.32 Å². The van der Waals surface area contributed by atoms with E-state index >= 15 is 0 Å². The van der Waals surface area contributed by atoms with E-state index in [0.717, 1.165) is 48.0 Å². The second-order valence-corrected chi connectivity index (χ2v) is 8.35. The lowest BCUT2D eigenvalue weighted by atomic mass is 10.2. The lowest BCUT2D eigenvalue weighted by Crippen LogP contribution is -2.39. The highest BCUT2D eigenvalue weighted by atomic mass is 32.1. The summed E-state index contributed by atoms with van der Waals surface area (Å²) < 4.78 is 11.5. The summed E-state index contributed by atoms with van der Waals surface area (Å²) in [5.41, 5.74) is 2.55. The quantitative estimate of drug-likeness (QED) is 0.265. The number of benzene rings is 2. The molecule has 0 bridgehead atoms. The number of para-hydroxylation sites is 1. The Hall–Kier alpha value is -3.56. The molecular weight excluding hydrogens is 448 g/mol. The monoisotopic (exact) mass is 476 g/mol. The Morgan fingerprint density at radius 2 is 1.74 bits per heavy atom. The van der Waals surface area contributed by atoms with Crippen molar-refractivity contribution in [1.29, 1.82) is 0 Å². The van der Waals surface area contributed by atoms with E-state index in [0.29, 0.717) is 23.6 Å². The molecule has 3 N–H and O–H groups in total. The smallest absolute Gasteiger partial charge is 0.229 e. The summed E-state index contributed by atoms with van der Waals surface area (Å²) in [6.07, 6.45) is 2.16. The first-order valence-corrected chi connectivity index (χ1v) is 11.6. The van der Waals surface area contributed by atoms with Crippen molar-refractivity contribution in [3.8, 4) is 11.5 Å². The molecule has 0 saturated carbocycles. The van der Waals surface area contributed by atoms with Gasteiger partial charge in [0.1, 0.15) is 11.5 Å². The van der Waals surface area contributed by atoms with Crippen LogP contribution >= 0.6 is 12.2 Å². The molecule has 0 radical (unpaired) electrons. The molecular formula is C25H28N6O2S. The van der Waals surface area contributed by atoms with Crippen LogP contribution in [0.15, 0.2) is 65.7 Å². The number of aromatic nitrogens is 2. The molecule has 0 aliphatic carbocycles. The number of nitrogens with one attached hydrogen (secondary N) is 3. The second kappa shape index (κ2) is 11.5. The van der Waals surface area contributed by atoms with Gasteiger partial charge in [-0.25, -0.2) is 15.0 Å². The summed E-state index contributed by atoms with van der Waals surface area (Å²) in [6, 6.07) is 19.1. The predicted molar refractivity (Wildman–Crippen MR) is 139 cm³/mol. The molecule has 8 nitrogen and oxygen atoms in total. The number of guanidine groups is 1. The third-order valence-electron chi connectivity index (χ3n) is 5.01. The fourth-order valence-corrected chi connectivity index (χ4v) is 3.69. The molecule has 1 fully saturated rings. The number of anilines is 2. The van der Waals surface area contributed by atoms with E-state index < -0.39 is 0 Å². The van der Waals surface area contributed by atoms with Gasteiger partial charge >= 0.3 is 0 Å². The normalized spacial score (nSPS) is 15.6. The number of aryl methyl sites for hydroxylation is 2. The number of thiocarbonyl (C=S) groups is 1. The van der Waals surface area contributed by atoms with Crippen molar-refractivity contribution in [2.24, 2.45) is 4.99 Å². The maximum absolute atomic E-state index is 5.84. The molecule has 0 spiro atoms. The standard InChI is InChI=1S/C25H28N6O2S/c1-17-15-18(2)28-24(27-17)30-23(26-16-22-9-6-14-32-22)31-25(34)29-19-10-12-21(13-11-19)33-20-7-4-3-5-8-20/h3-5,7-8,10-13,15,22H,6,9,14,16H2,1-2H3,(H3,26,27,28,29,30,31,34). The van der Waals surface area contributed by atoms with Crippen LogP contribution in [0.4, 0.5) is 11.6 Å². The molecule has 1 aliphatic rings. The van der Waals surface area contributed by atoms with Gasteiger partial charge in [0.15, 0.2) is 5.11 Å². The lowest BCUT2D eigenvalue weighted by Gasteiger charge is -2.15. The van der Waals surface area contributed by atoms with Gasteiger partial charge in [-0.05, 0) is 81.4 Å². The van der Waals surface area contributed by atoms with E-state index in [9.17, 15) is 0 Å². The van der Waals surface area contributed by atoms with Gasteiger partial charge in [-0.2, -0.15) is 0 Å². The van der Waals surface area contributed by atoms with E-state index in [-0.39, 0.29) is 6.10 Å². The number of ether oxygens (including phenoxy) is 2. The number of hydrogen-bond acceptors (Lipinski definition) is 6. The van der Waals surface area contributed by atoms with Crippen molar-refractivity contribution < 1.29 is 9.47 Å². The Kier molecular flexibility index (Phi) is 8.00. The van der Waals surface area contributed by atoms with Gasteiger partial charge in [-0.1, -0.05) is 18.2 Å². The highest BCUT2D eigenvalue weighted by Gasteiger charge is 2.16. The van der Waals surface area contributed by atoms with Crippen LogP contribution in [0, 0.1) is 13.8 Å². The van der Waals surface area contributed by atoms with Crippen LogP contribution in [0.2, 0.25) is 0 Å². The van der Waals surface area contributed by atoms with Crippen LogP contribution in [-0.4, -0.2) is 40.3 Å². The van der Waals surface area contributed by atoms with Crippen molar-refractivity contribution >= 4 is 34.9 Å². The largest absolute Gasteiger partial charge is 0.457 e. The maximum atomic E-state index is 5.84. The first-order valence-electron chi connectivity index (χ1n) is 11.2. The van der Waals surface area contributed by atoms with Crippen LogP contribution in [0.3, 0.4) is 0 Å². The average Bonchev–Trinajstić information content (AvgIpc) is 3.33. The summed E-state index contributed by atoms with van der Waals surface area (Å²) in [5, 5.41) is 9.84. The molecule has 2 aromatic carbocycles. The number of rotatable bonds is 6. The molecule has 1 saturated heterocycles. The molecule has 0 amide bonds. The van der Waals surface area contributed by atoms with Crippen LogP contribution < -0.4 is 20.7 Å². The van der Waals surface area contributed by atoms with Crippen LogP contribution in [-0.2, 0) is 4.74 Å². The Bertz CT molecular complexity index is 1110. The summed E-state index contributed by atoms with van der Waals surface area (Å²) in [7, 11) is 0. The highest BCUT2D eigenvalue weighted by molar-refractivity contribution is 7.80. The fraction of sp³-hybridized carbons (Fsp3) is 0.280. The SMILES string of the molecule is Cc1cc(C)nc(NC(=NCC2CCCO2)NC(=S)Nc2ccc(Oc3ccccc3)cc2)n1. The topological polar surface area (TPSA) is 92.7 Å². The molecule has 3 aromatic rings. The second-order valence-electron chi connectivity index (χ2n) is 7.94. The molecule has 9 heteroatoms. The van der Waals surface area contributed by atoms with E-state index in [2.05, 4.69) is 30.9 Å². The van der Waals surface area contributed by atoms with Crippen molar-refractivity contribution in [2.45, 2.75) is 32.8 Å². The minimum Gasteiger partial charge on any atom is -0.457 e. The van der Waals surface area contributed by atoms with Gasteiger partial charge < -0.3 is 20.1 Å². The Balaban J connectivity index is 1.39.